The second-order valence-electron chi connectivity index (χ2n) is 10.7. The molecule has 0 radical (unpaired) electrons. The summed E-state index contributed by atoms with van der Waals surface area (Å²) in [6.07, 6.45) is -0.243. The van der Waals surface area contributed by atoms with Gasteiger partial charge in [-0.15, -0.1) is 12.4 Å². The molecule has 1 aliphatic rings. The van der Waals surface area contributed by atoms with E-state index >= 15 is 0 Å². The summed E-state index contributed by atoms with van der Waals surface area (Å²) in [5.74, 6) is -0.895. The van der Waals surface area contributed by atoms with E-state index in [1.54, 1.807) is 12.1 Å². The van der Waals surface area contributed by atoms with E-state index in [0.717, 1.165) is 31.7 Å². The number of benzene rings is 4. The van der Waals surface area contributed by atoms with Gasteiger partial charge in [0, 0.05) is 39.1 Å². The standard InChI is InChI=1S/C35H36F2N2O3.ClH/c36-29-14-11-26(12-15-29)13-17-33(41)32-23-30(37)16-18-34(32)42-25-31(40)24-38-19-21-39(22-20-38)35(27-7-3-1-4-8-27)28-9-5-2-6-10-28;/h1-12,14-16,18,23,31,35,40H,13,17,19-22,24-25H2;1H. The molecule has 1 unspecified atom stereocenters. The molecule has 0 saturated carbocycles. The molecule has 1 fully saturated rings. The number of ether oxygens (including phenoxy) is 1. The van der Waals surface area contributed by atoms with Crippen LogP contribution in [0.25, 0.3) is 0 Å². The summed E-state index contributed by atoms with van der Waals surface area (Å²) in [6.45, 7) is 3.73. The predicted octanol–water partition coefficient (Wildman–Crippen LogP) is 6.35. The third kappa shape index (κ3) is 8.94. The van der Waals surface area contributed by atoms with E-state index in [1.165, 1.54) is 41.5 Å². The molecule has 1 atom stereocenters. The number of Topliss-reactive ketones (excluding diaryl/α,β-unsaturated/α-hetero) is 1. The van der Waals surface area contributed by atoms with Gasteiger partial charge in [-0.2, -0.15) is 0 Å². The van der Waals surface area contributed by atoms with E-state index in [1.807, 2.05) is 12.1 Å². The van der Waals surface area contributed by atoms with Gasteiger partial charge in [-0.1, -0.05) is 72.8 Å². The molecule has 0 spiro atoms. The summed E-state index contributed by atoms with van der Waals surface area (Å²) in [4.78, 5) is 17.6. The highest BCUT2D eigenvalue weighted by atomic mass is 35.5. The number of β-amino-alcohol motifs (C(OH)–C–C–N with tert-alkyl or cyclic N) is 1. The fourth-order valence-corrected chi connectivity index (χ4v) is 5.52. The highest BCUT2D eigenvalue weighted by Crippen LogP contribution is 2.29. The number of aliphatic hydroxyl groups excluding tert-OH is 1. The normalized spacial score (nSPS) is 14.7. The summed E-state index contributed by atoms with van der Waals surface area (Å²) in [6, 6.07) is 31.0. The molecule has 0 aromatic heterocycles. The number of hydrogen-bond donors (Lipinski definition) is 1. The zero-order valence-electron chi connectivity index (χ0n) is 23.9. The van der Waals surface area contributed by atoms with Crippen molar-refractivity contribution < 1.29 is 23.4 Å². The van der Waals surface area contributed by atoms with E-state index in [-0.39, 0.29) is 54.4 Å². The van der Waals surface area contributed by atoms with Gasteiger partial charge in [-0.25, -0.2) is 8.78 Å². The fourth-order valence-electron chi connectivity index (χ4n) is 5.52. The fraction of sp³-hybridized carbons (Fsp3) is 0.286. The second-order valence-corrected chi connectivity index (χ2v) is 10.7. The van der Waals surface area contributed by atoms with Gasteiger partial charge in [0.05, 0.1) is 11.6 Å². The number of aliphatic hydroxyl groups is 1. The molecule has 4 aromatic rings. The van der Waals surface area contributed by atoms with Gasteiger partial charge in [0.2, 0.25) is 0 Å². The topological polar surface area (TPSA) is 53.0 Å². The van der Waals surface area contributed by atoms with Gasteiger partial charge >= 0.3 is 0 Å². The van der Waals surface area contributed by atoms with Gasteiger partial charge < -0.3 is 9.84 Å². The lowest BCUT2D eigenvalue weighted by atomic mass is 9.96. The van der Waals surface area contributed by atoms with Crippen molar-refractivity contribution in [3.8, 4) is 5.75 Å². The van der Waals surface area contributed by atoms with Gasteiger partial charge in [-0.05, 0) is 53.4 Å². The molecule has 0 bridgehead atoms. The summed E-state index contributed by atoms with van der Waals surface area (Å²) in [7, 11) is 0. The molecule has 0 amide bonds. The average molecular weight is 607 g/mol. The predicted molar refractivity (Wildman–Crippen MR) is 167 cm³/mol. The molecular formula is C35H37ClF2N2O3. The van der Waals surface area contributed by atoms with Crippen LogP contribution < -0.4 is 4.74 Å². The molecule has 43 heavy (non-hydrogen) atoms. The van der Waals surface area contributed by atoms with Gasteiger partial charge in [-0.3, -0.25) is 14.6 Å². The Morgan fingerprint density at radius 3 is 1.98 bits per heavy atom. The molecule has 1 aliphatic heterocycles. The van der Waals surface area contributed by atoms with E-state index in [0.29, 0.717) is 13.0 Å². The maximum Gasteiger partial charge on any atom is 0.167 e. The second kappa shape index (κ2) is 15.7. The number of halogens is 3. The number of hydrogen-bond acceptors (Lipinski definition) is 5. The molecule has 226 valence electrons. The molecular weight excluding hydrogens is 570 g/mol. The average Bonchev–Trinajstić information content (AvgIpc) is 3.02. The van der Waals surface area contributed by atoms with Crippen molar-refractivity contribution in [3.05, 3.63) is 137 Å². The Hall–Kier alpha value is -3.62. The third-order valence-corrected chi connectivity index (χ3v) is 7.70. The first-order valence-electron chi connectivity index (χ1n) is 14.4. The molecule has 1 saturated heterocycles. The Kier molecular flexibility index (Phi) is 11.8. The zero-order valence-corrected chi connectivity index (χ0v) is 24.8. The van der Waals surface area contributed by atoms with Crippen LogP contribution in [0.3, 0.4) is 0 Å². The van der Waals surface area contributed by atoms with Crippen LogP contribution in [0.1, 0.15) is 39.5 Å². The van der Waals surface area contributed by atoms with Gasteiger partial charge in [0.15, 0.2) is 5.78 Å². The quantitative estimate of drug-likeness (QED) is 0.191. The first-order valence-corrected chi connectivity index (χ1v) is 14.4. The van der Waals surface area contributed by atoms with E-state index < -0.39 is 11.9 Å². The molecule has 4 aromatic carbocycles. The van der Waals surface area contributed by atoms with Crippen LogP contribution in [0.5, 0.6) is 5.75 Å². The van der Waals surface area contributed by atoms with E-state index in [9.17, 15) is 18.7 Å². The minimum atomic E-state index is -0.775. The molecule has 1 N–H and O–H groups in total. The van der Waals surface area contributed by atoms with Crippen molar-refractivity contribution in [3.63, 3.8) is 0 Å². The summed E-state index contributed by atoms with van der Waals surface area (Å²) < 4.78 is 33.0. The van der Waals surface area contributed by atoms with Crippen LogP contribution >= 0.6 is 12.4 Å². The lowest BCUT2D eigenvalue weighted by Crippen LogP contribution is -2.50. The smallest absolute Gasteiger partial charge is 0.167 e. The summed E-state index contributed by atoms with van der Waals surface area (Å²) in [5.41, 5.74) is 3.48. The van der Waals surface area contributed by atoms with Crippen LogP contribution in [0.15, 0.2) is 103 Å². The Labute approximate surface area is 258 Å². The maximum atomic E-state index is 14.0. The molecule has 5 nitrogen and oxygen atoms in total. The van der Waals surface area contributed by atoms with Gasteiger partial charge in [0.25, 0.3) is 0 Å². The summed E-state index contributed by atoms with van der Waals surface area (Å²) in [5, 5.41) is 10.8. The minimum Gasteiger partial charge on any atom is -0.490 e. The zero-order chi connectivity index (χ0) is 29.3. The van der Waals surface area contributed by atoms with Crippen LogP contribution in [-0.2, 0) is 6.42 Å². The minimum absolute atomic E-state index is 0. The van der Waals surface area contributed by atoms with E-state index in [4.69, 9.17) is 4.74 Å². The van der Waals surface area contributed by atoms with E-state index in [2.05, 4.69) is 58.3 Å². The number of piperazine rings is 1. The molecule has 8 heteroatoms. The molecule has 1 heterocycles. The maximum absolute atomic E-state index is 14.0. The molecule has 0 aliphatic carbocycles. The van der Waals surface area contributed by atoms with Crippen molar-refractivity contribution in [2.75, 3.05) is 39.3 Å². The number of aryl methyl sites for hydroxylation is 1. The Morgan fingerprint density at radius 1 is 0.791 bits per heavy atom. The number of rotatable bonds is 12. The lowest BCUT2D eigenvalue weighted by molar-refractivity contribution is 0.0398. The SMILES string of the molecule is Cl.O=C(CCc1ccc(F)cc1)c1cc(F)ccc1OCC(O)CN1CCN(C(c2ccccc2)c2ccccc2)CC1. The number of carbonyl (C=O) groups is 1. The molecule has 5 rings (SSSR count). The number of carbonyl (C=O) groups excluding carboxylic acids is 1. The van der Waals surface area contributed by atoms with Crippen molar-refractivity contribution in [1.29, 1.82) is 0 Å². The van der Waals surface area contributed by atoms with Crippen LogP contribution in [0.2, 0.25) is 0 Å². The van der Waals surface area contributed by atoms with Crippen molar-refractivity contribution in [1.82, 2.24) is 9.80 Å². The highest BCUT2D eigenvalue weighted by molar-refractivity contribution is 5.98. The first-order chi connectivity index (χ1) is 20.5. The Bertz CT molecular complexity index is 1390. The van der Waals surface area contributed by atoms with Crippen LogP contribution in [-0.4, -0.2) is 66.1 Å². The highest BCUT2D eigenvalue weighted by Gasteiger charge is 2.27. The van der Waals surface area contributed by atoms with Crippen molar-refractivity contribution in [2.24, 2.45) is 0 Å². The number of ketones is 1. The lowest BCUT2D eigenvalue weighted by Gasteiger charge is -2.40. The number of nitrogens with zero attached hydrogens (tertiary/aromatic N) is 2. The largest absolute Gasteiger partial charge is 0.490 e. The van der Waals surface area contributed by atoms with Crippen molar-refractivity contribution >= 4 is 18.2 Å². The Morgan fingerprint density at radius 2 is 1.37 bits per heavy atom. The Balaban J connectivity index is 0.00000423. The van der Waals surface area contributed by atoms with Crippen molar-refractivity contribution in [2.45, 2.75) is 25.0 Å². The third-order valence-electron chi connectivity index (χ3n) is 7.70. The summed E-state index contributed by atoms with van der Waals surface area (Å²) >= 11 is 0. The van der Waals surface area contributed by atoms with Crippen LogP contribution in [0.4, 0.5) is 8.78 Å². The van der Waals surface area contributed by atoms with Crippen LogP contribution in [0, 0.1) is 11.6 Å². The monoisotopic (exact) mass is 606 g/mol. The van der Waals surface area contributed by atoms with Gasteiger partial charge in [0.1, 0.15) is 30.1 Å². The first kappa shape index (κ1) is 32.3.